The molecule has 9 rings (SSSR count). The number of para-hydroxylation sites is 2. The molecule has 4 heterocycles. The molecular weight excluding hydrogens is 510 g/mol. The van der Waals surface area contributed by atoms with Crippen molar-refractivity contribution in [2.45, 2.75) is 0 Å². The van der Waals surface area contributed by atoms with E-state index in [-0.39, 0.29) is 0 Å². The first-order chi connectivity index (χ1) is 19.8. The van der Waals surface area contributed by atoms with Crippen LogP contribution in [0, 0.1) is 0 Å². The van der Waals surface area contributed by atoms with E-state index in [9.17, 15) is 0 Å². The molecule has 0 aliphatic heterocycles. The summed E-state index contributed by atoms with van der Waals surface area (Å²) in [6.07, 6.45) is 0. The Morgan fingerprint density at radius 1 is 0.575 bits per heavy atom. The van der Waals surface area contributed by atoms with Crippen molar-refractivity contribution in [1.29, 1.82) is 0 Å². The summed E-state index contributed by atoms with van der Waals surface area (Å²) in [4.78, 5) is 2.26. The molecule has 0 bridgehead atoms. The minimum absolute atomic E-state index is 0.863. The fourth-order valence-electron chi connectivity index (χ4n) is 5.92. The van der Waals surface area contributed by atoms with Crippen LogP contribution in [0.3, 0.4) is 0 Å². The SMILES string of the molecule is c1ccc2c(c1)ccc1cc(N(c3ccc4oc5ccccc5c4c3)c3ccc4sc5ccccc5c4c3)nn12. The topological polar surface area (TPSA) is 33.7 Å². The van der Waals surface area contributed by atoms with E-state index >= 15 is 0 Å². The molecule has 9 aromatic rings. The van der Waals surface area contributed by atoms with Gasteiger partial charge in [0, 0.05) is 53.8 Å². The van der Waals surface area contributed by atoms with Crippen LogP contribution < -0.4 is 4.90 Å². The number of hydrogen-bond acceptors (Lipinski definition) is 4. The first-order valence-corrected chi connectivity index (χ1v) is 14.1. The molecular formula is C35H21N3OS. The molecule has 0 amide bonds. The fraction of sp³-hybridized carbons (Fsp3) is 0. The fourth-order valence-corrected chi connectivity index (χ4v) is 7.01. The van der Waals surface area contributed by atoms with Gasteiger partial charge in [-0.3, -0.25) is 4.90 Å². The van der Waals surface area contributed by atoms with E-state index in [0.29, 0.717) is 0 Å². The average Bonchev–Trinajstić information content (AvgIpc) is 3.70. The van der Waals surface area contributed by atoms with Crippen LogP contribution in [0.25, 0.3) is 58.5 Å². The summed E-state index contributed by atoms with van der Waals surface area (Å²) in [6, 6.07) is 44.9. The maximum absolute atomic E-state index is 6.15. The second-order valence-electron chi connectivity index (χ2n) is 10.1. The monoisotopic (exact) mass is 531 g/mol. The summed E-state index contributed by atoms with van der Waals surface area (Å²) in [5.41, 5.74) is 6.01. The summed E-state index contributed by atoms with van der Waals surface area (Å²) in [5.74, 6) is 0.863. The summed E-state index contributed by atoms with van der Waals surface area (Å²) < 4.78 is 10.8. The van der Waals surface area contributed by atoms with Gasteiger partial charge in [0.1, 0.15) is 11.2 Å². The van der Waals surface area contributed by atoms with Gasteiger partial charge in [0.25, 0.3) is 0 Å². The first kappa shape index (κ1) is 21.8. The summed E-state index contributed by atoms with van der Waals surface area (Å²) in [7, 11) is 0. The largest absolute Gasteiger partial charge is 0.456 e. The molecule has 5 heteroatoms. The Morgan fingerprint density at radius 3 is 2.25 bits per heavy atom. The standard InChI is InChI=1S/C35H21N3OS/c1-4-10-30-22(7-1)13-14-25-21-35(36-38(25)30)37(23-15-17-32-28(19-23)26-8-2-5-11-31(26)39-32)24-16-18-34-29(20-24)27-9-3-6-12-33(27)40-34/h1-21H. The summed E-state index contributed by atoms with van der Waals surface area (Å²) in [5, 5.41) is 11.1. The maximum Gasteiger partial charge on any atom is 0.160 e. The molecule has 0 radical (unpaired) electrons. The van der Waals surface area contributed by atoms with Crippen LogP contribution in [0.2, 0.25) is 0 Å². The molecule has 0 aliphatic rings. The normalized spacial score (nSPS) is 12.0. The van der Waals surface area contributed by atoms with Crippen molar-refractivity contribution in [2.75, 3.05) is 4.90 Å². The molecule has 0 saturated heterocycles. The zero-order chi connectivity index (χ0) is 26.2. The first-order valence-electron chi connectivity index (χ1n) is 13.3. The van der Waals surface area contributed by atoms with Crippen molar-refractivity contribution in [2.24, 2.45) is 0 Å². The van der Waals surface area contributed by atoms with E-state index in [4.69, 9.17) is 9.52 Å². The van der Waals surface area contributed by atoms with Crippen molar-refractivity contribution in [3.8, 4) is 0 Å². The van der Waals surface area contributed by atoms with Gasteiger partial charge in [-0.05, 0) is 60.7 Å². The molecule has 0 spiro atoms. The van der Waals surface area contributed by atoms with Crippen LogP contribution in [0.5, 0.6) is 0 Å². The smallest absolute Gasteiger partial charge is 0.160 e. The summed E-state index contributed by atoms with van der Waals surface area (Å²) >= 11 is 1.83. The van der Waals surface area contributed by atoms with E-state index < -0.39 is 0 Å². The molecule has 0 saturated carbocycles. The Labute approximate surface area is 232 Å². The Balaban J connectivity index is 1.32. The van der Waals surface area contributed by atoms with E-state index in [1.807, 2.05) is 28.0 Å². The number of aromatic nitrogens is 2. The molecule has 40 heavy (non-hydrogen) atoms. The van der Waals surface area contributed by atoms with Crippen LogP contribution >= 0.6 is 11.3 Å². The maximum atomic E-state index is 6.15. The third kappa shape index (κ3) is 3.15. The van der Waals surface area contributed by atoms with Crippen molar-refractivity contribution in [3.05, 3.63) is 127 Å². The van der Waals surface area contributed by atoms with Gasteiger partial charge < -0.3 is 4.42 Å². The third-order valence-corrected chi connectivity index (χ3v) is 8.94. The number of fused-ring (bicyclic) bond motifs is 9. The predicted octanol–water partition coefficient (Wildman–Crippen LogP) is 10.2. The van der Waals surface area contributed by atoms with Gasteiger partial charge in [0.05, 0.1) is 11.0 Å². The van der Waals surface area contributed by atoms with E-state index in [0.717, 1.165) is 55.6 Å². The number of pyridine rings is 1. The van der Waals surface area contributed by atoms with Crippen molar-refractivity contribution in [1.82, 2.24) is 9.61 Å². The zero-order valence-corrected chi connectivity index (χ0v) is 22.1. The molecule has 0 atom stereocenters. The number of nitrogens with zero attached hydrogens (tertiary/aromatic N) is 3. The third-order valence-electron chi connectivity index (χ3n) is 7.79. The van der Waals surface area contributed by atoms with Gasteiger partial charge in [-0.2, -0.15) is 0 Å². The number of benzene rings is 5. The second-order valence-corrected chi connectivity index (χ2v) is 11.2. The Kier molecular flexibility index (Phi) is 4.45. The predicted molar refractivity (Wildman–Crippen MR) is 168 cm³/mol. The van der Waals surface area contributed by atoms with Crippen molar-refractivity contribution in [3.63, 3.8) is 0 Å². The lowest BCUT2D eigenvalue weighted by Crippen LogP contribution is -2.10. The second kappa shape index (κ2) is 8.18. The minimum Gasteiger partial charge on any atom is -0.456 e. The highest BCUT2D eigenvalue weighted by molar-refractivity contribution is 7.25. The lowest BCUT2D eigenvalue weighted by Gasteiger charge is -2.23. The summed E-state index contributed by atoms with van der Waals surface area (Å²) in [6.45, 7) is 0. The molecule has 4 aromatic heterocycles. The molecule has 4 nitrogen and oxygen atoms in total. The van der Waals surface area contributed by atoms with Crippen LogP contribution in [-0.2, 0) is 0 Å². The van der Waals surface area contributed by atoms with E-state index in [1.165, 1.54) is 20.2 Å². The molecule has 0 unspecified atom stereocenters. The highest BCUT2D eigenvalue weighted by atomic mass is 32.1. The Morgan fingerprint density at radius 2 is 1.30 bits per heavy atom. The number of furan rings is 1. The van der Waals surface area contributed by atoms with E-state index in [2.05, 4.69) is 120 Å². The quantitative estimate of drug-likeness (QED) is 0.227. The number of anilines is 3. The van der Waals surface area contributed by atoms with Gasteiger partial charge in [-0.25, -0.2) is 4.52 Å². The van der Waals surface area contributed by atoms with Crippen LogP contribution in [0.4, 0.5) is 17.2 Å². The highest BCUT2D eigenvalue weighted by Crippen LogP contribution is 2.42. The number of thiophene rings is 1. The van der Waals surface area contributed by atoms with Crippen LogP contribution in [-0.4, -0.2) is 9.61 Å². The highest BCUT2D eigenvalue weighted by Gasteiger charge is 2.20. The van der Waals surface area contributed by atoms with Gasteiger partial charge in [0.2, 0.25) is 0 Å². The van der Waals surface area contributed by atoms with Gasteiger partial charge >= 0.3 is 0 Å². The minimum atomic E-state index is 0.863. The van der Waals surface area contributed by atoms with Gasteiger partial charge in [-0.15, -0.1) is 16.4 Å². The Hall–Kier alpha value is -5.13. The lowest BCUT2D eigenvalue weighted by molar-refractivity contribution is 0.669. The zero-order valence-electron chi connectivity index (χ0n) is 21.3. The lowest BCUT2D eigenvalue weighted by atomic mass is 10.1. The number of hydrogen-bond donors (Lipinski definition) is 0. The molecule has 0 N–H and O–H groups in total. The van der Waals surface area contributed by atoms with E-state index in [1.54, 1.807) is 0 Å². The van der Waals surface area contributed by atoms with Crippen LogP contribution in [0.1, 0.15) is 0 Å². The van der Waals surface area contributed by atoms with Gasteiger partial charge in [0.15, 0.2) is 5.82 Å². The number of rotatable bonds is 3. The molecule has 5 aromatic carbocycles. The van der Waals surface area contributed by atoms with Crippen LogP contribution in [0.15, 0.2) is 132 Å². The van der Waals surface area contributed by atoms with Crippen molar-refractivity contribution >= 4 is 87.1 Å². The molecule has 188 valence electrons. The van der Waals surface area contributed by atoms with Gasteiger partial charge in [-0.1, -0.05) is 60.7 Å². The van der Waals surface area contributed by atoms with Crippen molar-refractivity contribution < 1.29 is 4.42 Å². The average molecular weight is 532 g/mol. The molecule has 0 fully saturated rings. The molecule has 0 aliphatic carbocycles. The Bertz CT molecular complexity index is 2290.